The largest absolute Gasteiger partial charge is 0.476 e. The van der Waals surface area contributed by atoms with Crippen molar-refractivity contribution in [2.75, 3.05) is 63.4 Å². The number of fused-ring (bicyclic) bond motifs is 1. The quantitative estimate of drug-likeness (QED) is 0.680. The number of para-hydroxylation sites is 2. The molecule has 1 unspecified atom stereocenters. The summed E-state index contributed by atoms with van der Waals surface area (Å²) in [6.07, 6.45) is 1.15. The van der Waals surface area contributed by atoms with Gasteiger partial charge in [-0.05, 0) is 32.1 Å². The molecule has 0 saturated carbocycles. The Morgan fingerprint density at radius 2 is 1.93 bits per heavy atom. The highest BCUT2D eigenvalue weighted by Crippen LogP contribution is 2.34. The number of amides is 1. The number of hydrogen-bond donors (Lipinski definition) is 1. The average molecular weight is 397 g/mol. The van der Waals surface area contributed by atoms with E-state index in [0.717, 1.165) is 45.4 Å². The number of piperazine rings is 1. The van der Waals surface area contributed by atoms with Gasteiger partial charge < -0.3 is 19.9 Å². The zero-order valence-electron chi connectivity index (χ0n) is 15.9. The molecule has 1 aromatic rings. The van der Waals surface area contributed by atoms with Crippen LogP contribution in [0, 0.1) is 0 Å². The number of sulfonamides is 1. The highest BCUT2D eigenvalue weighted by atomic mass is 32.2. The first kappa shape index (κ1) is 19.9. The van der Waals surface area contributed by atoms with Gasteiger partial charge in [0.05, 0.1) is 18.5 Å². The second kappa shape index (κ2) is 8.45. The Bertz CT molecular complexity index is 762. The van der Waals surface area contributed by atoms with E-state index >= 15 is 0 Å². The minimum atomic E-state index is -3.49. The summed E-state index contributed by atoms with van der Waals surface area (Å²) in [5, 5.41) is 2.88. The number of hydrogen-bond acceptors (Lipinski definition) is 6. The summed E-state index contributed by atoms with van der Waals surface area (Å²) in [6.45, 7) is 5.72. The Labute approximate surface area is 161 Å². The molecule has 1 aromatic carbocycles. The number of ether oxygens (including phenoxy) is 1. The lowest BCUT2D eigenvalue weighted by atomic mass is 10.2. The van der Waals surface area contributed by atoms with E-state index < -0.39 is 16.1 Å². The van der Waals surface area contributed by atoms with Crippen molar-refractivity contribution in [3.63, 3.8) is 0 Å². The number of benzene rings is 1. The van der Waals surface area contributed by atoms with E-state index in [2.05, 4.69) is 22.2 Å². The van der Waals surface area contributed by atoms with Crippen molar-refractivity contribution >= 4 is 21.6 Å². The summed E-state index contributed by atoms with van der Waals surface area (Å²) in [5.41, 5.74) is 0.471. The van der Waals surface area contributed by atoms with E-state index in [4.69, 9.17) is 4.74 Å². The van der Waals surface area contributed by atoms with Gasteiger partial charge in [0.1, 0.15) is 5.75 Å². The zero-order valence-corrected chi connectivity index (χ0v) is 16.7. The molecule has 2 aliphatic heterocycles. The Kier molecular flexibility index (Phi) is 6.23. The van der Waals surface area contributed by atoms with E-state index in [1.165, 1.54) is 4.31 Å². The van der Waals surface area contributed by atoms with Gasteiger partial charge in [-0.25, -0.2) is 8.42 Å². The van der Waals surface area contributed by atoms with E-state index in [9.17, 15) is 13.2 Å². The minimum Gasteiger partial charge on any atom is -0.476 e. The Hall–Kier alpha value is -1.84. The first-order chi connectivity index (χ1) is 12.8. The van der Waals surface area contributed by atoms with Crippen LogP contribution in [0.4, 0.5) is 5.69 Å². The maximum Gasteiger partial charge on any atom is 0.263 e. The van der Waals surface area contributed by atoms with E-state index in [1.54, 1.807) is 24.3 Å². The van der Waals surface area contributed by atoms with Crippen molar-refractivity contribution in [2.45, 2.75) is 12.5 Å². The molecule has 8 nitrogen and oxygen atoms in total. The lowest BCUT2D eigenvalue weighted by Crippen LogP contribution is -2.51. The van der Waals surface area contributed by atoms with Gasteiger partial charge in [-0.15, -0.1) is 0 Å². The molecule has 0 aromatic heterocycles. The number of anilines is 1. The van der Waals surface area contributed by atoms with Crippen LogP contribution >= 0.6 is 0 Å². The molecule has 1 atom stereocenters. The van der Waals surface area contributed by atoms with Crippen LogP contribution in [0.2, 0.25) is 0 Å². The second-order valence-corrected chi connectivity index (χ2v) is 9.06. The van der Waals surface area contributed by atoms with Crippen LogP contribution in [-0.2, 0) is 14.8 Å². The van der Waals surface area contributed by atoms with E-state index in [-0.39, 0.29) is 12.5 Å². The van der Waals surface area contributed by atoms with Crippen LogP contribution in [0.1, 0.15) is 6.42 Å². The molecule has 2 heterocycles. The van der Waals surface area contributed by atoms with E-state index in [0.29, 0.717) is 18.0 Å². The van der Waals surface area contributed by atoms with Gasteiger partial charge in [-0.2, -0.15) is 0 Å². The van der Waals surface area contributed by atoms with Crippen molar-refractivity contribution < 1.29 is 17.9 Å². The Balaban J connectivity index is 1.51. The van der Waals surface area contributed by atoms with E-state index in [1.807, 2.05) is 0 Å². The van der Waals surface area contributed by atoms with Gasteiger partial charge in [-0.1, -0.05) is 12.1 Å². The third-order valence-electron chi connectivity index (χ3n) is 4.97. The van der Waals surface area contributed by atoms with Gasteiger partial charge in [0, 0.05) is 32.7 Å². The Morgan fingerprint density at radius 1 is 1.22 bits per heavy atom. The number of carbonyl (C=O) groups is 1. The lowest BCUT2D eigenvalue weighted by molar-refractivity contribution is -0.127. The normalized spacial score (nSPS) is 21.4. The molecule has 0 aliphatic carbocycles. The molecule has 27 heavy (non-hydrogen) atoms. The maximum absolute atomic E-state index is 12.5. The molecule has 1 fully saturated rings. The minimum absolute atomic E-state index is 0.0138. The molecular weight excluding hydrogens is 368 g/mol. The first-order valence-electron chi connectivity index (χ1n) is 9.26. The van der Waals surface area contributed by atoms with Crippen molar-refractivity contribution in [1.82, 2.24) is 15.1 Å². The van der Waals surface area contributed by atoms with Gasteiger partial charge in [0.15, 0.2) is 6.10 Å². The third-order valence-corrected chi connectivity index (χ3v) is 6.12. The van der Waals surface area contributed by atoms with Gasteiger partial charge >= 0.3 is 0 Å². The highest BCUT2D eigenvalue weighted by molar-refractivity contribution is 7.92. The van der Waals surface area contributed by atoms with Crippen LogP contribution in [0.5, 0.6) is 5.75 Å². The predicted octanol–water partition coefficient (Wildman–Crippen LogP) is -0.0327. The molecule has 0 radical (unpaired) electrons. The fourth-order valence-electron chi connectivity index (χ4n) is 3.35. The summed E-state index contributed by atoms with van der Waals surface area (Å²) in [5.74, 6) is 0.128. The smallest absolute Gasteiger partial charge is 0.263 e. The van der Waals surface area contributed by atoms with Crippen molar-refractivity contribution in [3.8, 4) is 5.75 Å². The fraction of sp³-hybridized carbons (Fsp3) is 0.611. The molecule has 1 N–H and O–H groups in total. The summed E-state index contributed by atoms with van der Waals surface area (Å²) in [4.78, 5) is 17.2. The van der Waals surface area contributed by atoms with Crippen LogP contribution in [0.3, 0.4) is 0 Å². The number of likely N-dealkylation sites (N-methyl/N-ethyl adjacent to an activating group) is 1. The molecule has 0 spiro atoms. The van der Waals surface area contributed by atoms with Crippen LogP contribution in [-0.4, -0.2) is 89.3 Å². The summed E-state index contributed by atoms with van der Waals surface area (Å²) >= 11 is 0. The van der Waals surface area contributed by atoms with Crippen LogP contribution in [0.15, 0.2) is 24.3 Å². The number of rotatable bonds is 6. The highest BCUT2D eigenvalue weighted by Gasteiger charge is 2.34. The molecule has 1 saturated heterocycles. The standard InChI is InChI=1S/C18H28N4O4S/c1-20-10-12-21(13-11-20)9-5-8-19-18(23)17-14-22(27(2,24)25)15-6-3-4-7-16(15)26-17/h3-4,6-7,17H,5,8-14H2,1-2H3,(H,19,23). The van der Waals surface area contributed by atoms with Gasteiger partial charge in [0.2, 0.25) is 10.0 Å². The molecule has 9 heteroatoms. The van der Waals surface area contributed by atoms with Crippen molar-refractivity contribution in [3.05, 3.63) is 24.3 Å². The zero-order chi connectivity index (χ0) is 19.4. The topological polar surface area (TPSA) is 82.2 Å². The summed E-state index contributed by atoms with van der Waals surface area (Å²) < 4.78 is 31.2. The summed E-state index contributed by atoms with van der Waals surface area (Å²) in [7, 11) is -1.36. The average Bonchev–Trinajstić information content (AvgIpc) is 2.64. The molecule has 150 valence electrons. The second-order valence-electron chi connectivity index (χ2n) is 7.16. The molecule has 0 bridgehead atoms. The molecule has 2 aliphatic rings. The SMILES string of the molecule is CN1CCN(CCCNC(=O)C2CN(S(C)(=O)=O)c3ccccc3O2)CC1. The van der Waals surface area contributed by atoms with Crippen LogP contribution in [0.25, 0.3) is 0 Å². The fourth-order valence-corrected chi connectivity index (χ4v) is 4.27. The predicted molar refractivity (Wildman–Crippen MR) is 105 cm³/mol. The van der Waals surface area contributed by atoms with Gasteiger partial charge in [-0.3, -0.25) is 9.10 Å². The van der Waals surface area contributed by atoms with Crippen molar-refractivity contribution in [1.29, 1.82) is 0 Å². The maximum atomic E-state index is 12.5. The summed E-state index contributed by atoms with van der Waals surface area (Å²) in [6, 6.07) is 6.87. The number of nitrogens with one attached hydrogen (secondary N) is 1. The first-order valence-corrected chi connectivity index (χ1v) is 11.1. The Morgan fingerprint density at radius 3 is 2.63 bits per heavy atom. The van der Waals surface area contributed by atoms with Crippen LogP contribution < -0.4 is 14.4 Å². The number of carbonyl (C=O) groups excluding carboxylic acids is 1. The van der Waals surface area contributed by atoms with Gasteiger partial charge in [0.25, 0.3) is 5.91 Å². The third kappa shape index (κ3) is 5.12. The molecule has 3 rings (SSSR count). The number of nitrogens with zero attached hydrogens (tertiary/aromatic N) is 3. The van der Waals surface area contributed by atoms with Crippen molar-refractivity contribution in [2.24, 2.45) is 0 Å². The molecule has 1 amide bonds. The lowest BCUT2D eigenvalue weighted by Gasteiger charge is -2.34. The monoisotopic (exact) mass is 396 g/mol. The molecular formula is C18H28N4O4S.